The third kappa shape index (κ3) is 2.86. The number of pyridine rings is 1. The van der Waals surface area contributed by atoms with Crippen LogP contribution in [0.3, 0.4) is 0 Å². The summed E-state index contributed by atoms with van der Waals surface area (Å²) in [5.74, 6) is 0. The fourth-order valence-electron chi connectivity index (χ4n) is 1.03. The van der Waals surface area contributed by atoms with Crippen LogP contribution >= 0.6 is 11.6 Å². The van der Waals surface area contributed by atoms with Gasteiger partial charge in [0, 0.05) is 24.8 Å². The number of nitrogens with two attached hydrogens (primary N) is 1. The van der Waals surface area contributed by atoms with Crippen molar-refractivity contribution >= 4 is 11.6 Å². The molecule has 0 saturated heterocycles. The van der Waals surface area contributed by atoms with Crippen LogP contribution in [0, 0.1) is 0 Å². The average molecular weight is 201 g/mol. The van der Waals surface area contributed by atoms with Crippen LogP contribution < -0.4 is 11.3 Å². The molecule has 1 heterocycles. The van der Waals surface area contributed by atoms with Crippen molar-refractivity contribution in [2.24, 2.45) is 5.73 Å². The molecule has 2 N–H and O–H groups in total. The fraction of sp³-hybridized carbons (Fsp3) is 0.444. The number of nitrogens with zero attached hydrogens (tertiary/aromatic N) is 1. The molecule has 0 saturated carbocycles. The SMILES string of the molecule is CCC(N)Cn1cc(Cl)ccc1=O. The zero-order valence-electron chi connectivity index (χ0n) is 7.53. The van der Waals surface area contributed by atoms with Gasteiger partial charge in [-0.3, -0.25) is 4.79 Å². The van der Waals surface area contributed by atoms with Gasteiger partial charge in [0.25, 0.3) is 5.56 Å². The van der Waals surface area contributed by atoms with Crippen molar-refractivity contribution in [1.29, 1.82) is 0 Å². The minimum absolute atomic E-state index is 0.0103. The summed E-state index contributed by atoms with van der Waals surface area (Å²) >= 11 is 5.74. The van der Waals surface area contributed by atoms with Crippen LogP contribution in [0.2, 0.25) is 5.02 Å². The Kier molecular flexibility index (Phi) is 3.51. The molecule has 4 heteroatoms. The van der Waals surface area contributed by atoms with Gasteiger partial charge < -0.3 is 10.3 Å². The maximum absolute atomic E-state index is 11.3. The summed E-state index contributed by atoms with van der Waals surface area (Å²) in [5.41, 5.74) is 5.66. The minimum atomic E-state index is -0.0618. The molecule has 72 valence electrons. The summed E-state index contributed by atoms with van der Waals surface area (Å²) in [6.45, 7) is 2.51. The van der Waals surface area contributed by atoms with Crippen LogP contribution in [0.25, 0.3) is 0 Å². The molecular formula is C9H13ClN2O. The molecule has 0 bridgehead atoms. The standard InChI is InChI=1S/C9H13ClN2O/c1-2-8(11)6-12-5-7(10)3-4-9(12)13/h3-5,8H,2,6,11H2,1H3. The normalized spacial score (nSPS) is 12.8. The molecule has 0 amide bonds. The first-order chi connectivity index (χ1) is 6.13. The average Bonchev–Trinajstić information content (AvgIpc) is 2.11. The number of hydrogen-bond acceptors (Lipinski definition) is 2. The monoisotopic (exact) mass is 200 g/mol. The largest absolute Gasteiger partial charge is 0.326 e. The molecular weight excluding hydrogens is 188 g/mol. The molecule has 0 radical (unpaired) electrons. The molecule has 3 nitrogen and oxygen atoms in total. The van der Waals surface area contributed by atoms with Crippen LogP contribution in [0.4, 0.5) is 0 Å². The molecule has 1 unspecified atom stereocenters. The second-order valence-corrected chi connectivity index (χ2v) is 3.44. The van der Waals surface area contributed by atoms with E-state index in [1.807, 2.05) is 6.92 Å². The van der Waals surface area contributed by atoms with E-state index in [9.17, 15) is 4.79 Å². The predicted octanol–water partition coefficient (Wildman–Crippen LogP) is 1.24. The summed E-state index contributed by atoms with van der Waals surface area (Å²) in [6.07, 6.45) is 2.46. The third-order valence-electron chi connectivity index (χ3n) is 1.90. The Morgan fingerprint density at radius 3 is 2.92 bits per heavy atom. The van der Waals surface area contributed by atoms with Crippen molar-refractivity contribution in [2.75, 3.05) is 0 Å². The van der Waals surface area contributed by atoms with Crippen molar-refractivity contribution in [2.45, 2.75) is 25.9 Å². The van der Waals surface area contributed by atoms with Crippen molar-refractivity contribution in [1.82, 2.24) is 4.57 Å². The lowest BCUT2D eigenvalue weighted by Gasteiger charge is -2.10. The van der Waals surface area contributed by atoms with Crippen LogP contribution in [0.5, 0.6) is 0 Å². The van der Waals surface area contributed by atoms with Gasteiger partial charge in [0.15, 0.2) is 0 Å². The van der Waals surface area contributed by atoms with Gasteiger partial charge in [-0.1, -0.05) is 18.5 Å². The van der Waals surface area contributed by atoms with E-state index in [0.29, 0.717) is 11.6 Å². The summed E-state index contributed by atoms with van der Waals surface area (Å²) in [6, 6.07) is 3.04. The van der Waals surface area contributed by atoms with Gasteiger partial charge in [0.1, 0.15) is 0 Å². The quantitative estimate of drug-likeness (QED) is 0.798. The predicted molar refractivity (Wildman–Crippen MR) is 54.0 cm³/mol. The lowest BCUT2D eigenvalue weighted by atomic mass is 10.2. The van der Waals surface area contributed by atoms with Crippen LogP contribution in [-0.2, 0) is 6.54 Å². The highest BCUT2D eigenvalue weighted by Gasteiger charge is 2.02. The van der Waals surface area contributed by atoms with E-state index in [1.165, 1.54) is 10.6 Å². The molecule has 0 aliphatic carbocycles. The second-order valence-electron chi connectivity index (χ2n) is 3.01. The van der Waals surface area contributed by atoms with Crippen LogP contribution in [0.1, 0.15) is 13.3 Å². The molecule has 1 aromatic heterocycles. The number of hydrogen-bond donors (Lipinski definition) is 1. The Bertz CT molecular complexity index is 335. The van der Waals surface area contributed by atoms with Gasteiger partial charge in [-0.15, -0.1) is 0 Å². The summed E-state index contributed by atoms with van der Waals surface area (Å²) in [4.78, 5) is 11.3. The van der Waals surface area contributed by atoms with Crippen molar-refractivity contribution < 1.29 is 0 Å². The highest BCUT2D eigenvalue weighted by Crippen LogP contribution is 2.03. The summed E-state index contributed by atoms with van der Waals surface area (Å²) < 4.78 is 1.54. The Hall–Kier alpha value is -0.800. The van der Waals surface area contributed by atoms with Crippen molar-refractivity contribution in [3.63, 3.8) is 0 Å². The van der Waals surface area contributed by atoms with Gasteiger partial charge in [-0.05, 0) is 12.5 Å². The highest BCUT2D eigenvalue weighted by molar-refractivity contribution is 6.30. The maximum atomic E-state index is 11.3. The summed E-state index contributed by atoms with van der Waals surface area (Å²) in [5, 5.41) is 0.558. The molecule has 0 aliphatic heterocycles. The number of halogens is 1. The van der Waals surface area contributed by atoms with Crippen LogP contribution in [-0.4, -0.2) is 10.6 Å². The van der Waals surface area contributed by atoms with E-state index in [2.05, 4.69) is 0 Å². The van der Waals surface area contributed by atoms with E-state index >= 15 is 0 Å². The molecule has 1 aromatic rings. The molecule has 1 atom stereocenters. The van der Waals surface area contributed by atoms with Gasteiger partial charge in [-0.25, -0.2) is 0 Å². The molecule has 0 fully saturated rings. The minimum Gasteiger partial charge on any atom is -0.326 e. The van der Waals surface area contributed by atoms with E-state index in [-0.39, 0.29) is 11.6 Å². The van der Waals surface area contributed by atoms with E-state index in [0.717, 1.165) is 6.42 Å². The van der Waals surface area contributed by atoms with E-state index in [4.69, 9.17) is 17.3 Å². The zero-order chi connectivity index (χ0) is 9.84. The first-order valence-electron chi connectivity index (χ1n) is 4.25. The fourth-order valence-corrected chi connectivity index (χ4v) is 1.21. The first-order valence-corrected chi connectivity index (χ1v) is 4.63. The molecule has 13 heavy (non-hydrogen) atoms. The maximum Gasteiger partial charge on any atom is 0.250 e. The molecule has 0 aromatic carbocycles. The van der Waals surface area contributed by atoms with E-state index < -0.39 is 0 Å². The molecule has 0 aliphatic rings. The first kappa shape index (κ1) is 10.3. The lowest BCUT2D eigenvalue weighted by Crippen LogP contribution is -2.30. The number of rotatable bonds is 3. The van der Waals surface area contributed by atoms with Gasteiger partial charge in [-0.2, -0.15) is 0 Å². The van der Waals surface area contributed by atoms with Crippen LogP contribution in [0.15, 0.2) is 23.1 Å². The third-order valence-corrected chi connectivity index (χ3v) is 2.13. The Morgan fingerprint density at radius 2 is 2.31 bits per heavy atom. The van der Waals surface area contributed by atoms with Gasteiger partial charge >= 0.3 is 0 Å². The zero-order valence-corrected chi connectivity index (χ0v) is 8.29. The topological polar surface area (TPSA) is 48.0 Å². The number of aromatic nitrogens is 1. The van der Waals surface area contributed by atoms with Gasteiger partial charge in [0.2, 0.25) is 0 Å². The molecule has 0 spiro atoms. The Morgan fingerprint density at radius 1 is 1.62 bits per heavy atom. The van der Waals surface area contributed by atoms with Gasteiger partial charge in [0.05, 0.1) is 5.02 Å². The van der Waals surface area contributed by atoms with E-state index in [1.54, 1.807) is 12.3 Å². The Labute approximate surface area is 82.1 Å². The lowest BCUT2D eigenvalue weighted by molar-refractivity contribution is 0.527. The summed E-state index contributed by atoms with van der Waals surface area (Å²) in [7, 11) is 0. The second kappa shape index (κ2) is 4.44. The van der Waals surface area contributed by atoms with Crippen molar-refractivity contribution in [3.05, 3.63) is 33.7 Å². The smallest absolute Gasteiger partial charge is 0.250 e. The van der Waals surface area contributed by atoms with Crippen molar-refractivity contribution in [3.8, 4) is 0 Å². The highest BCUT2D eigenvalue weighted by atomic mass is 35.5. The Balaban J connectivity index is 2.87. The molecule has 1 rings (SSSR count).